The van der Waals surface area contributed by atoms with E-state index >= 15 is 0 Å². The zero-order valence-electron chi connectivity index (χ0n) is 16.3. The zero-order chi connectivity index (χ0) is 19.1. The van der Waals surface area contributed by atoms with Crippen molar-refractivity contribution in [2.24, 2.45) is 0 Å². The van der Waals surface area contributed by atoms with Crippen LogP contribution < -0.4 is 4.72 Å². The van der Waals surface area contributed by atoms with Crippen LogP contribution in [0.3, 0.4) is 0 Å². The average molecular weight is 376 g/mol. The number of nitrogens with zero attached hydrogens (tertiary/aromatic N) is 2. The molecule has 142 valence electrons. The van der Waals surface area contributed by atoms with Gasteiger partial charge in [0.15, 0.2) is 0 Å². The van der Waals surface area contributed by atoms with Gasteiger partial charge in [-0.3, -0.25) is 9.40 Å². The maximum absolute atomic E-state index is 13.2. The van der Waals surface area contributed by atoms with Gasteiger partial charge >= 0.3 is 0 Å². The molecule has 3 rings (SSSR count). The Morgan fingerprint density at radius 2 is 1.81 bits per heavy atom. The Morgan fingerprint density at radius 3 is 2.38 bits per heavy atom. The van der Waals surface area contributed by atoms with Crippen LogP contribution in [0.4, 0.5) is 5.69 Å². The largest absolute Gasteiger partial charge is 0.279 e. The second-order valence-electron chi connectivity index (χ2n) is 8.43. The fourth-order valence-corrected chi connectivity index (χ4v) is 5.05. The number of aryl methyl sites for hydroxylation is 2. The number of aromatic nitrogens is 2. The van der Waals surface area contributed by atoms with Gasteiger partial charge in [-0.25, -0.2) is 8.42 Å². The molecule has 1 aliphatic carbocycles. The van der Waals surface area contributed by atoms with Crippen LogP contribution in [0, 0.1) is 13.8 Å². The molecule has 26 heavy (non-hydrogen) atoms. The van der Waals surface area contributed by atoms with Crippen molar-refractivity contribution in [2.45, 2.75) is 76.7 Å². The predicted molar refractivity (Wildman–Crippen MR) is 105 cm³/mol. The number of benzene rings is 1. The Hall–Kier alpha value is -1.82. The Morgan fingerprint density at radius 1 is 1.15 bits per heavy atom. The maximum atomic E-state index is 13.2. The van der Waals surface area contributed by atoms with Crippen molar-refractivity contribution in [1.29, 1.82) is 0 Å². The molecule has 1 saturated carbocycles. The minimum atomic E-state index is -3.70. The molecule has 1 aromatic carbocycles. The smallest absolute Gasteiger partial charge is 0.265 e. The summed E-state index contributed by atoms with van der Waals surface area (Å²) in [6.45, 7) is 9.92. The van der Waals surface area contributed by atoms with Crippen molar-refractivity contribution in [2.75, 3.05) is 4.72 Å². The summed E-state index contributed by atoms with van der Waals surface area (Å²) < 4.78 is 31.0. The third kappa shape index (κ3) is 3.80. The molecule has 0 amide bonds. The van der Waals surface area contributed by atoms with E-state index in [1.807, 2.05) is 57.5 Å². The lowest BCUT2D eigenvalue weighted by Crippen LogP contribution is -2.20. The van der Waals surface area contributed by atoms with E-state index in [-0.39, 0.29) is 10.3 Å². The van der Waals surface area contributed by atoms with Crippen LogP contribution in [0.2, 0.25) is 0 Å². The summed E-state index contributed by atoms with van der Waals surface area (Å²) in [6.07, 6.45) is 6.21. The number of rotatable bonds is 4. The molecular formula is C20H29N3O2S. The molecule has 6 heteroatoms. The molecule has 0 aliphatic heterocycles. The van der Waals surface area contributed by atoms with Gasteiger partial charge in [0.05, 0.1) is 17.4 Å². The molecule has 0 unspecified atom stereocenters. The van der Waals surface area contributed by atoms with Crippen molar-refractivity contribution >= 4 is 15.7 Å². The first-order chi connectivity index (χ1) is 12.1. The molecule has 2 aromatic rings. The molecule has 1 heterocycles. The van der Waals surface area contributed by atoms with Crippen LogP contribution in [-0.4, -0.2) is 18.2 Å². The number of anilines is 1. The van der Waals surface area contributed by atoms with Crippen molar-refractivity contribution in [3.8, 4) is 0 Å². The quantitative estimate of drug-likeness (QED) is 0.841. The molecular weight excluding hydrogens is 346 g/mol. The Bertz CT molecular complexity index is 902. The maximum Gasteiger partial charge on any atom is 0.265 e. The number of hydrogen-bond acceptors (Lipinski definition) is 3. The first-order valence-electron chi connectivity index (χ1n) is 9.27. The second kappa shape index (κ2) is 6.72. The van der Waals surface area contributed by atoms with Gasteiger partial charge in [-0.1, -0.05) is 51.3 Å². The lowest BCUT2D eigenvalue weighted by atomic mass is 9.92. The van der Waals surface area contributed by atoms with Crippen LogP contribution in [-0.2, 0) is 15.4 Å². The Kier molecular flexibility index (Phi) is 4.90. The van der Waals surface area contributed by atoms with Crippen LogP contribution in [0.1, 0.15) is 69.3 Å². The molecule has 5 nitrogen and oxygen atoms in total. The summed E-state index contributed by atoms with van der Waals surface area (Å²) in [5.74, 6) is 0. The van der Waals surface area contributed by atoms with Gasteiger partial charge in [0.1, 0.15) is 4.90 Å². The van der Waals surface area contributed by atoms with Gasteiger partial charge in [-0.15, -0.1) is 0 Å². The predicted octanol–water partition coefficient (Wildman–Crippen LogP) is 4.71. The molecule has 1 aromatic heterocycles. The van der Waals surface area contributed by atoms with E-state index in [0.29, 0.717) is 17.4 Å². The van der Waals surface area contributed by atoms with Crippen molar-refractivity contribution in [3.63, 3.8) is 0 Å². The van der Waals surface area contributed by atoms with E-state index in [0.717, 1.165) is 24.0 Å². The van der Waals surface area contributed by atoms with E-state index in [2.05, 4.69) is 4.72 Å². The molecule has 0 radical (unpaired) electrons. The van der Waals surface area contributed by atoms with Gasteiger partial charge in [-0.05, 0) is 38.3 Å². The summed E-state index contributed by atoms with van der Waals surface area (Å²) in [5, 5.41) is 4.71. The van der Waals surface area contributed by atoms with Crippen molar-refractivity contribution in [1.82, 2.24) is 9.78 Å². The molecule has 1 aliphatic rings. The Labute approximate surface area is 156 Å². The Balaban J connectivity index is 2.02. The lowest BCUT2D eigenvalue weighted by Gasteiger charge is -2.18. The number of sulfonamides is 1. The average Bonchev–Trinajstić information content (AvgIpc) is 3.17. The molecule has 0 bridgehead atoms. The number of nitrogens with one attached hydrogen (secondary N) is 1. The van der Waals surface area contributed by atoms with E-state index in [1.165, 1.54) is 12.8 Å². The van der Waals surface area contributed by atoms with Gasteiger partial charge in [0, 0.05) is 11.6 Å². The van der Waals surface area contributed by atoms with Crippen LogP contribution >= 0.6 is 0 Å². The highest BCUT2D eigenvalue weighted by molar-refractivity contribution is 7.92. The number of hydrogen-bond donors (Lipinski definition) is 1. The summed E-state index contributed by atoms with van der Waals surface area (Å²) in [6, 6.07) is 6.02. The SMILES string of the molecule is Cc1ccc(NS(=O)(=O)c2cn(C3CCCC3)nc2C(C)(C)C)c(C)c1. The van der Waals surface area contributed by atoms with Crippen molar-refractivity contribution < 1.29 is 8.42 Å². The second-order valence-corrected chi connectivity index (χ2v) is 10.1. The fourth-order valence-electron chi connectivity index (χ4n) is 3.57. The summed E-state index contributed by atoms with van der Waals surface area (Å²) >= 11 is 0. The van der Waals surface area contributed by atoms with Crippen molar-refractivity contribution in [3.05, 3.63) is 41.2 Å². The fraction of sp³-hybridized carbons (Fsp3) is 0.550. The van der Waals surface area contributed by atoms with Crippen LogP contribution in [0.5, 0.6) is 0 Å². The van der Waals surface area contributed by atoms with E-state index in [4.69, 9.17) is 5.10 Å². The monoisotopic (exact) mass is 375 g/mol. The first kappa shape index (κ1) is 19.0. The van der Waals surface area contributed by atoms with Crippen LogP contribution in [0.25, 0.3) is 0 Å². The molecule has 1 N–H and O–H groups in total. The van der Waals surface area contributed by atoms with Gasteiger partial charge in [0.25, 0.3) is 10.0 Å². The molecule has 0 spiro atoms. The third-order valence-electron chi connectivity index (χ3n) is 5.02. The van der Waals surface area contributed by atoms with Gasteiger partial charge in [0.2, 0.25) is 0 Å². The highest BCUT2D eigenvalue weighted by Gasteiger charge is 2.32. The topological polar surface area (TPSA) is 64.0 Å². The van der Waals surface area contributed by atoms with E-state index in [1.54, 1.807) is 6.20 Å². The standard InChI is InChI=1S/C20H29N3O2S/c1-14-10-11-17(15(2)12-14)22-26(24,25)18-13-23(16-8-6-7-9-16)21-19(18)20(3,4)5/h10-13,16,22H,6-9H2,1-5H3. The lowest BCUT2D eigenvalue weighted by molar-refractivity contribution is 0.448. The van der Waals surface area contributed by atoms with Crippen LogP contribution in [0.15, 0.2) is 29.3 Å². The van der Waals surface area contributed by atoms with Gasteiger partial charge < -0.3 is 0 Å². The highest BCUT2D eigenvalue weighted by atomic mass is 32.2. The molecule has 0 saturated heterocycles. The minimum Gasteiger partial charge on any atom is -0.279 e. The van der Waals surface area contributed by atoms with Gasteiger partial charge in [-0.2, -0.15) is 5.10 Å². The first-order valence-corrected chi connectivity index (χ1v) is 10.8. The summed E-state index contributed by atoms with van der Waals surface area (Å²) in [7, 11) is -3.70. The summed E-state index contributed by atoms with van der Waals surface area (Å²) in [4.78, 5) is 0.289. The molecule has 1 fully saturated rings. The van der Waals surface area contributed by atoms with E-state index < -0.39 is 10.0 Å². The zero-order valence-corrected chi connectivity index (χ0v) is 17.2. The summed E-state index contributed by atoms with van der Waals surface area (Å²) in [5.41, 5.74) is 2.91. The third-order valence-corrected chi connectivity index (χ3v) is 6.39. The molecule has 0 atom stereocenters. The van der Waals surface area contributed by atoms with E-state index in [9.17, 15) is 8.42 Å². The minimum absolute atomic E-state index is 0.289. The highest BCUT2D eigenvalue weighted by Crippen LogP contribution is 2.34. The normalized spacial score (nSPS) is 16.2.